The van der Waals surface area contributed by atoms with E-state index in [0.29, 0.717) is 22.0 Å². The van der Waals surface area contributed by atoms with Gasteiger partial charge in [-0.25, -0.2) is 9.37 Å². The molecule has 1 amide bonds. The second-order valence-corrected chi connectivity index (χ2v) is 6.38. The highest BCUT2D eigenvalue weighted by molar-refractivity contribution is 7.99. The molecule has 25 heavy (non-hydrogen) atoms. The Morgan fingerprint density at radius 1 is 1.20 bits per heavy atom. The summed E-state index contributed by atoms with van der Waals surface area (Å²) in [4.78, 5) is 16.5. The number of aromatic nitrogens is 1. The van der Waals surface area contributed by atoms with Crippen LogP contribution in [0.3, 0.4) is 0 Å². The maximum atomic E-state index is 12.8. The number of benzene rings is 2. The second-order valence-electron chi connectivity index (χ2n) is 5.30. The zero-order chi connectivity index (χ0) is 17.6. The SMILES string of the molecule is N#Cc1cc2ccccc2nc1SCCC(=O)Nc1ccc(F)cc1. The Balaban J connectivity index is 1.61. The number of rotatable bonds is 5. The molecule has 0 spiro atoms. The minimum Gasteiger partial charge on any atom is -0.326 e. The molecular weight excluding hydrogens is 337 g/mol. The van der Waals surface area contributed by atoms with Crippen LogP contribution in [-0.2, 0) is 4.79 Å². The standard InChI is InChI=1S/C19H14FN3OS/c20-15-5-7-16(8-6-15)22-18(24)9-10-25-19-14(12-21)11-13-3-1-2-4-17(13)23-19/h1-8,11H,9-10H2,(H,22,24). The molecule has 0 saturated heterocycles. The maximum absolute atomic E-state index is 12.8. The van der Waals surface area contributed by atoms with Gasteiger partial charge in [0.05, 0.1) is 11.1 Å². The van der Waals surface area contributed by atoms with E-state index < -0.39 is 0 Å². The highest BCUT2D eigenvalue weighted by Crippen LogP contribution is 2.25. The number of hydrogen-bond acceptors (Lipinski definition) is 4. The molecule has 0 saturated carbocycles. The summed E-state index contributed by atoms with van der Waals surface area (Å²) < 4.78 is 12.8. The van der Waals surface area contributed by atoms with E-state index in [1.54, 1.807) is 0 Å². The molecule has 0 aliphatic rings. The zero-order valence-corrected chi connectivity index (χ0v) is 14.0. The molecule has 4 nitrogen and oxygen atoms in total. The van der Waals surface area contributed by atoms with Gasteiger partial charge in [0.2, 0.25) is 5.91 Å². The fraction of sp³-hybridized carbons (Fsp3) is 0.105. The van der Waals surface area contributed by atoms with Crippen LogP contribution in [0.4, 0.5) is 10.1 Å². The predicted octanol–water partition coefficient (Wildman–Crippen LogP) is 4.37. The van der Waals surface area contributed by atoms with Crippen molar-refractivity contribution in [2.75, 3.05) is 11.1 Å². The number of fused-ring (bicyclic) bond motifs is 1. The number of nitrogens with one attached hydrogen (secondary N) is 1. The van der Waals surface area contributed by atoms with E-state index in [-0.39, 0.29) is 18.1 Å². The van der Waals surface area contributed by atoms with Crippen molar-refractivity contribution in [1.82, 2.24) is 4.98 Å². The number of nitriles is 1. The van der Waals surface area contributed by atoms with Crippen molar-refractivity contribution >= 4 is 34.3 Å². The van der Waals surface area contributed by atoms with Crippen molar-refractivity contribution < 1.29 is 9.18 Å². The van der Waals surface area contributed by atoms with Crippen LogP contribution in [0, 0.1) is 17.1 Å². The maximum Gasteiger partial charge on any atom is 0.225 e. The van der Waals surface area contributed by atoms with Crippen LogP contribution < -0.4 is 5.32 Å². The van der Waals surface area contributed by atoms with Gasteiger partial charge in [0.1, 0.15) is 16.9 Å². The first-order chi connectivity index (χ1) is 12.2. The zero-order valence-electron chi connectivity index (χ0n) is 13.2. The molecule has 0 aliphatic carbocycles. The van der Waals surface area contributed by atoms with Crippen LogP contribution in [0.1, 0.15) is 12.0 Å². The lowest BCUT2D eigenvalue weighted by molar-refractivity contribution is -0.115. The number of carbonyl (C=O) groups is 1. The predicted molar refractivity (Wildman–Crippen MR) is 96.8 cm³/mol. The molecule has 6 heteroatoms. The number of carbonyl (C=O) groups excluding carboxylic acids is 1. The van der Waals surface area contributed by atoms with Gasteiger partial charge in [0.25, 0.3) is 0 Å². The normalized spacial score (nSPS) is 10.4. The lowest BCUT2D eigenvalue weighted by atomic mass is 10.2. The molecule has 0 aliphatic heterocycles. The Hall–Kier alpha value is -2.91. The van der Waals surface area contributed by atoms with E-state index in [1.807, 2.05) is 30.3 Å². The first-order valence-corrected chi connectivity index (χ1v) is 8.62. The van der Waals surface area contributed by atoms with E-state index in [1.165, 1.54) is 36.0 Å². The van der Waals surface area contributed by atoms with Gasteiger partial charge in [-0.15, -0.1) is 11.8 Å². The van der Waals surface area contributed by atoms with Crippen molar-refractivity contribution in [2.45, 2.75) is 11.4 Å². The first-order valence-electron chi connectivity index (χ1n) is 7.64. The van der Waals surface area contributed by atoms with Crippen LogP contribution in [-0.4, -0.2) is 16.6 Å². The Morgan fingerprint density at radius 2 is 1.96 bits per heavy atom. The molecule has 0 fully saturated rings. The van der Waals surface area contributed by atoms with Crippen LogP contribution >= 0.6 is 11.8 Å². The molecule has 124 valence electrons. The number of para-hydroxylation sites is 1. The molecule has 0 unspecified atom stereocenters. The van der Waals surface area contributed by atoms with E-state index in [2.05, 4.69) is 16.4 Å². The van der Waals surface area contributed by atoms with Gasteiger partial charge in [0, 0.05) is 23.2 Å². The average molecular weight is 351 g/mol. The van der Waals surface area contributed by atoms with Gasteiger partial charge in [-0.2, -0.15) is 5.26 Å². The highest BCUT2D eigenvalue weighted by atomic mass is 32.2. The lowest BCUT2D eigenvalue weighted by Crippen LogP contribution is -2.12. The largest absolute Gasteiger partial charge is 0.326 e. The van der Waals surface area contributed by atoms with Gasteiger partial charge in [0.15, 0.2) is 0 Å². The molecule has 2 aromatic carbocycles. The van der Waals surface area contributed by atoms with E-state index in [9.17, 15) is 14.4 Å². The number of pyridine rings is 1. The fourth-order valence-corrected chi connectivity index (χ4v) is 3.19. The third-order valence-corrected chi connectivity index (χ3v) is 4.50. The van der Waals surface area contributed by atoms with Crippen LogP contribution in [0.2, 0.25) is 0 Å². The summed E-state index contributed by atoms with van der Waals surface area (Å²) in [5.74, 6) is -0.0223. The van der Waals surface area contributed by atoms with Crippen molar-refractivity contribution in [3.63, 3.8) is 0 Å². The highest BCUT2D eigenvalue weighted by Gasteiger charge is 2.09. The number of halogens is 1. The smallest absolute Gasteiger partial charge is 0.225 e. The number of thioether (sulfide) groups is 1. The van der Waals surface area contributed by atoms with Crippen molar-refractivity contribution in [3.05, 3.63) is 66.0 Å². The summed E-state index contributed by atoms with van der Waals surface area (Å²) in [6.45, 7) is 0. The Labute approximate surface area is 148 Å². The van der Waals surface area contributed by atoms with Gasteiger partial charge >= 0.3 is 0 Å². The Bertz CT molecular complexity index is 951. The monoisotopic (exact) mass is 351 g/mol. The van der Waals surface area contributed by atoms with Gasteiger partial charge in [-0.05, 0) is 36.4 Å². The number of hydrogen-bond donors (Lipinski definition) is 1. The Morgan fingerprint density at radius 3 is 2.72 bits per heavy atom. The minimum atomic E-state index is -0.347. The molecule has 1 aromatic heterocycles. The molecular formula is C19H14FN3OS. The Kier molecular flexibility index (Phi) is 5.26. The van der Waals surface area contributed by atoms with Crippen LogP contribution in [0.25, 0.3) is 10.9 Å². The van der Waals surface area contributed by atoms with Gasteiger partial charge in [-0.1, -0.05) is 18.2 Å². The van der Waals surface area contributed by atoms with Crippen molar-refractivity contribution in [2.24, 2.45) is 0 Å². The topological polar surface area (TPSA) is 65.8 Å². The molecule has 0 atom stereocenters. The minimum absolute atomic E-state index is 0.168. The average Bonchev–Trinajstić information content (AvgIpc) is 2.63. The number of anilines is 1. The summed E-state index contributed by atoms with van der Waals surface area (Å²) in [5.41, 5.74) is 1.88. The molecule has 0 radical (unpaired) electrons. The first kappa shape index (κ1) is 16.9. The van der Waals surface area contributed by atoms with Crippen LogP contribution in [0.5, 0.6) is 0 Å². The lowest BCUT2D eigenvalue weighted by Gasteiger charge is -2.07. The van der Waals surface area contributed by atoms with Crippen LogP contribution in [0.15, 0.2) is 59.6 Å². The summed E-state index contributed by atoms with van der Waals surface area (Å²) in [7, 11) is 0. The quantitative estimate of drug-likeness (QED) is 0.693. The van der Waals surface area contributed by atoms with Crippen molar-refractivity contribution in [3.8, 4) is 6.07 Å². The van der Waals surface area contributed by atoms with E-state index >= 15 is 0 Å². The van der Waals surface area contributed by atoms with E-state index in [4.69, 9.17) is 0 Å². The van der Waals surface area contributed by atoms with E-state index in [0.717, 1.165) is 10.9 Å². The third-order valence-electron chi connectivity index (χ3n) is 3.51. The fourth-order valence-electron chi connectivity index (χ4n) is 2.29. The molecule has 1 heterocycles. The number of nitrogens with zero attached hydrogens (tertiary/aromatic N) is 2. The summed E-state index contributed by atoms with van der Waals surface area (Å²) in [5, 5.41) is 13.5. The second kappa shape index (κ2) is 7.77. The van der Waals surface area contributed by atoms with Crippen molar-refractivity contribution in [1.29, 1.82) is 5.26 Å². The number of amides is 1. The van der Waals surface area contributed by atoms with Gasteiger partial charge in [-0.3, -0.25) is 4.79 Å². The molecule has 3 rings (SSSR count). The third kappa shape index (κ3) is 4.34. The summed E-state index contributed by atoms with van der Waals surface area (Å²) in [6, 6.07) is 17.2. The summed E-state index contributed by atoms with van der Waals surface area (Å²) >= 11 is 1.37. The summed E-state index contributed by atoms with van der Waals surface area (Å²) in [6.07, 6.45) is 0.265. The van der Waals surface area contributed by atoms with Gasteiger partial charge < -0.3 is 5.32 Å². The molecule has 0 bridgehead atoms. The molecule has 3 aromatic rings. The molecule has 1 N–H and O–H groups in total.